The van der Waals surface area contributed by atoms with Crippen LogP contribution in [0.25, 0.3) is 0 Å². The molecule has 0 atom stereocenters. The van der Waals surface area contributed by atoms with Gasteiger partial charge >= 0.3 is 0 Å². The van der Waals surface area contributed by atoms with E-state index in [4.69, 9.17) is 11.6 Å². The molecule has 0 saturated carbocycles. The predicted octanol–water partition coefficient (Wildman–Crippen LogP) is 2.47. The first-order valence-corrected chi connectivity index (χ1v) is 4.26. The van der Waals surface area contributed by atoms with Crippen molar-refractivity contribution in [1.82, 2.24) is 0 Å². The first-order chi connectivity index (χ1) is 5.70. The van der Waals surface area contributed by atoms with Crippen LogP contribution in [0.5, 0.6) is 0 Å². The van der Waals surface area contributed by atoms with Crippen molar-refractivity contribution in [2.75, 3.05) is 18.5 Å². The zero-order valence-corrected chi connectivity index (χ0v) is 7.53. The molecule has 1 aliphatic heterocycles. The van der Waals surface area contributed by atoms with Crippen molar-refractivity contribution in [3.05, 3.63) is 28.5 Å². The molecular weight excluding hydrogens is 177 g/mol. The summed E-state index contributed by atoms with van der Waals surface area (Å²) in [6, 6.07) is 3.20. The van der Waals surface area contributed by atoms with Gasteiger partial charge in [-0.2, -0.15) is 0 Å². The first-order valence-electron chi connectivity index (χ1n) is 3.88. The fraction of sp³-hybridized carbons (Fsp3) is 0.333. The molecule has 1 aromatic rings. The number of likely N-dealkylation sites (N-methyl/N-ethyl adjacent to an activating group) is 1. The highest BCUT2D eigenvalue weighted by Gasteiger charge is 2.19. The molecule has 1 nitrogen and oxygen atoms in total. The highest BCUT2D eigenvalue weighted by molar-refractivity contribution is 6.32. The Morgan fingerprint density at radius 3 is 3.00 bits per heavy atom. The van der Waals surface area contributed by atoms with Crippen molar-refractivity contribution in [1.29, 1.82) is 0 Å². The van der Waals surface area contributed by atoms with E-state index >= 15 is 0 Å². The molecule has 3 heteroatoms. The molecule has 1 heterocycles. The fourth-order valence-corrected chi connectivity index (χ4v) is 1.83. The molecule has 12 heavy (non-hydrogen) atoms. The van der Waals surface area contributed by atoms with E-state index in [1.165, 1.54) is 6.07 Å². The maximum Gasteiger partial charge on any atom is 0.142 e. The van der Waals surface area contributed by atoms with Crippen LogP contribution in [0.4, 0.5) is 10.1 Å². The van der Waals surface area contributed by atoms with Crippen LogP contribution in [-0.4, -0.2) is 13.6 Å². The van der Waals surface area contributed by atoms with E-state index < -0.39 is 0 Å². The Balaban J connectivity index is 2.60. The summed E-state index contributed by atoms with van der Waals surface area (Å²) in [4.78, 5) is 2.08. The molecule has 0 aromatic heterocycles. The minimum atomic E-state index is -0.314. The summed E-state index contributed by atoms with van der Waals surface area (Å²) in [5.74, 6) is -0.314. The zero-order chi connectivity index (χ0) is 8.72. The van der Waals surface area contributed by atoms with Crippen LogP contribution in [0.15, 0.2) is 12.1 Å². The van der Waals surface area contributed by atoms with E-state index in [1.54, 1.807) is 6.07 Å². The lowest BCUT2D eigenvalue weighted by Gasteiger charge is -2.11. The maximum absolute atomic E-state index is 13.0. The second-order valence-electron chi connectivity index (χ2n) is 3.03. The maximum atomic E-state index is 13.0. The quantitative estimate of drug-likeness (QED) is 0.600. The van der Waals surface area contributed by atoms with Gasteiger partial charge < -0.3 is 4.90 Å². The van der Waals surface area contributed by atoms with E-state index in [1.807, 2.05) is 7.05 Å². The Bertz CT molecular complexity index is 325. The van der Waals surface area contributed by atoms with Crippen LogP contribution in [0.2, 0.25) is 5.02 Å². The molecule has 0 aliphatic carbocycles. The number of benzene rings is 1. The largest absolute Gasteiger partial charge is 0.374 e. The van der Waals surface area contributed by atoms with Gasteiger partial charge in [-0.05, 0) is 24.1 Å². The molecular formula is C9H9ClFN. The lowest BCUT2D eigenvalue weighted by molar-refractivity contribution is 0.627. The molecule has 0 fully saturated rings. The van der Waals surface area contributed by atoms with Crippen LogP contribution in [0, 0.1) is 5.82 Å². The van der Waals surface area contributed by atoms with E-state index in [9.17, 15) is 4.39 Å². The fourth-order valence-electron chi connectivity index (χ4n) is 1.58. The average molecular weight is 186 g/mol. The average Bonchev–Trinajstić information content (AvgIpc) is 2.41. The van der Waals surface area contributed by atoms with E-state index in [0.29, 0.717) is 0 Å². The highest BCUT2D eigenvalue weighted by Crippen LogP contribution is 2.33. The van der Waals surface area contributed by atoms with Gasteiger partial charge in [-0.3, -0.25) is 0 Å². The van der Waals surface area contributed by atoms with Gasteiger partial charge in [0.2, 0.25) is 0 Å². The van der Waals surface area contributed by atoms with E-state index in [-0.39, 0.29) is 10.8 Å². The highest BCUT2D eigenvalue weighted by atomic mass is 35.5. The molecule has 0 unspecified atom stereocenters. The number of anilines is 1. The number of fused-ring (bicyclic) bond motifs is 1. The number of hydrogen-bond acceptors (Lipinski definition) is 1. The van der Waals surface area contributed by atoms with Gasteiger partial charge in [-0.15, -0.1) is 0 Å². The molecule has 0 spiro atoms. The van der Waals surface area contributed by atoms with E-state index in [2.05, 4.69) is 4.90 Å². The topological polar surface area (TPSA) is 3.24 Å². The summed E-state index contributed by atoms with van der Waals surface area (Å²) in [6.45, 7) is 0.929. The van der Waals surface area contributed by atoms with Crippen LogP contribution < -0.4 is 4.90 Å². The van der Waals surface area contributed by atoms with E-state index in [0.717, 1.165) is 24.2 Å². The monoisotopic (exact) mass is 185 g/mol. The molecule has 2 rings (SSSR count). The molecule has 0 bridgehead atoms. The van der Waals surface area contributed by atoms with Gasteiger partial charge in [0.25, 0.3) is 0 Å². The third kappa shape index (κ3) is 0.985. The Morgan fingerprint density at radius 1 is 1.50 bits per heavy atom. The third-order valence-electron chi connectivity index (χ3n) is 2.28. The summed E-state index contributed by atoms with van der Waals surface area (Å²) in [5.41, 5.74) is 2.00. The van der Waals surface area contributed by atoms with Crippen molar-refractivity contribution in [3.8, 4) is 0 Å². The number of hydrogen-bond donors (Lipinski definition) is 0. The smallest absolute Gasteiger partial charge is 0.142 e. The third-order valence-corrected chi connectivity index (χ3v) is 2.69. The van der Waals surface area contributed by atoms with Crippen molar-refractivity contribution in [2.45, 2.75) is 6.42 Å². The first kappa shape index (κ1) is 7.87. The number of rotatable bonds is 0. The van der Waals surface area contributed by atoms with Crippen molar-refractivity contribution < 1.29 is 4.39 Å². The SMILES string of the molecule is CN1CCc2c1ccc(F)c2Cl. The molecule has 64 valence electrons. The summed E-state index contributed by atoms with van der Waals surface area (Å²) < 4.78 is 13.0. The summed E-state index contributed by atoms with van der Waals surface area (Å²) in [6.07, 6.45) is 0.850. The van der Waals surface area contributed by atoms with Gasteiger partial charge in [-0.25, -0.2) is 4.39 Å². The lowest BCUT2D eigenvalue weighted by atomic mass is 10.1. The summed E-state index contributed by atoms with van der Waals surface area (Å²) in [5, 5.41) is 0.289. The van der Waals surface area contributed by atoms with Gasteiger partial charge in [0.15, 0.2) is 0 Å². The predicted molar refractivity (Wildman–Crippen MR) is 48.4 cm³/mol. The van der Waals surface area contributed by atoms with Crippen LogP contribution in [-0.2, 0) is 6.42 Å². The van der Waals surface area contributed by atoms with Gasteiger partial charge in [0.1, 0.15) is 5.82 Å². The Kier molecular flexibility index (Phi) is 1.72. The van der Waals surface area contributed by atoms with Gasteiger partial charge in [0, 0.05) is 19.3 Å². The summed E-state index contributed by atoms with van der Waals surface area (Å²) >= 11 is 5.80. The second kappa shape index (κ2) is 2.63. The van der Waals surface area contributed by atoms with Gasteiger partial charge in [0.05, 0.1) is 5.02 Å². The standard InChI is InChI=1S/C9H9ClFN/c1-12-5-4-6-8(12)3-2-7(11)9(6)10/h2-3H,4-5H2,1H3. The van der Waals surface area contributed by atoms with Crippen LogP contribution in [0.3, 0.4) is 0 Å². The minimum absolute atomic E-state index is 0.289. The number of halogens is 2. The normalized spacial score (nSPS) is 15.1. The van der Waals surface area contributed by atoms with Crippen molar-refractivity contribution in [3.63, 3.8) is 0 Å². The second-order valence-corrected chi connectivity index (χ2v) is 3.41. The van der Waals surface area contributed by atoms with Crippen LogP contribution in [0.1, 0.15) is 5.56 Å². The molecule has 1 aromatic carbocycles. The van der Waals surface area contributed by atoms with Crippen molar-refractivity contribution in [2.24, 2.45) is 0 Å². The zero-order valence-electron chi connectivity index (χ0n) is 6.77. The Labute approximate surface area is 75.7 Å². The molecule has 1 aliphatic rings. The molecule has 0 N–H and O–H groups in total. The molecule has 0 saturated heterocycles. The molecule has 0 amide bonds. The Morgan fingerprint density at radius 2 is 2.25 bits per heavy atom. The minimum Gasteiger partial charge on any atom is -0.374 e. The van der Waals surface area contributed by atoms with Crippen LogP contribution >= 0.6 is 11.6 Å². The molecule has 0 radical (unpaired) electrons. The Hall–Kier alpha value is -0.760. The summed E-state index contributed by atoms with van der Waals surface area (Å²) in [7, 11) is 1.99. The number of nitrogens with zero attached hydrogens (tertiary/aromatic N) is 1. The lowest BCUT2D eigenvalue weighted by Crippen LogP contribution is -2.12. The van der Waals surface area contributed by atoms with Crippen molar-refractivity contribution >= 4 is 17.3 Å². The van der Waals surface area contributed by atoms with Gasteiger partial charge in [-0.1, -0.05) is 11.6 Å².